The van der Waals surface area contributed by atoms with E-state index in [0.717, 1.165) is 17.1 Å². The lowest BCUT2D eigenvalue weighted by Crippen LogP contribution is -2.22. The maximum Gasteiger partial charge on any atom is 0.253 e. The molecule has 0 saturated heterocycles. The average molecular weight is 285 g/mol. The molecule has 0 aliphatic carbocycles. The average Bonchev–Trinajstić information content (AvgIpc) is 3.00. The lowest BCUT2D eigenvalue weighted by atomic mass is 10.2. The van der Waals surface area contributed by atoms with E-state index in [1.807, 2.05) is 18.2 Å². The van der Waals surface area contributed by atoms with Crippen LogP contribution in [0.4, 0.5) is 5.82 Å². The zero-order chi connectivity index (χ0) is 14.7. The molecule has 1 aromatic carbocycles. The number of fused-ring (bicyclic) bond motifs is 1. The number of carbonyl (C=O) groups is 1. The first-order chi connectivity index (χ1) is 10.3. The second kappa shape index (κ2) is 5.70. The van der Waals surface area contributed by atoms with E-state index in [1.54, 1.807) is 25.4 Å². The largest absolute Gasteiger partial charge is 0.454 e. The predicted octanol–water partition coefficient (Wildman–Crippen LogP) is 1.78. The van der Waals surface area contributed by atoms with Gasteiger partial charge in [-0.3, -0.25) is 4.79 Å². The molecule has 21 heavy (non-hydrogen) atoms. The van der Waals surface area contributed by atoms with Crippen LogP contribution in [0.5, 0.6) is 11.5 Å². The summed E-state index contributed by atoms with van der Waals surface area (Å²) in [5.41, 5.74) is 1.47. The topological polar surface area (TPSA) is 72.5 Å². The zero-order valence-electron chi connectivity index (χ0n) is 11.6. The van der Waals surface area contributed by atoms with Gasteiger partial charge in [0.2, 0.25) is 6.79 Å². The van der Waals surface area contributed by atoms with E-state index in [-0.39, 0.29) is 12.7 Å². The normalized spacial score (nSPS) is 12.0. The monoisotopic (exact) mass is 285 g/mol. The molecule has 0 bridgehead atoms. The van der Waals surface area contributed by atoms with Crippen LogP contribution in [-0.4, -0.2) is 24.7 Å². The van der Waals surface area contributed by atoms with Crippen molar-refractivity contribution in [1.82, 2.24) is 10.3 Å². The molecule has 0 spiro atoms. The summed E-state index contributed by atoms with van der Waals surface area (Å²) in [6.07, 6.45) is 1.54. The van der Waals surface area contributed by atoms with E-state index in [1.165, 1.54) is 0 Å². The number of carbonyl (C=O) groups excluding carboxylic acids is 1. The number of nitrogens with one attached hydrogen (secondary N) is 2. The first-order valence-corrected chi connectivity index (χ1v) is 6.57. The molecule has 6 nitrogen and oxygen atoms in total. The third-order valence-corrected chi connectivity index (χ3v) is 3.17. The molecule has 2 heterocycles. The van der Waals surface area contributed by atoms with Crippen molar-refractivity contribution in [1.29, 1.82) is 0 Å². The second-order valence-electron chi connectivity index (χ2n) is 4.55. The number of rotatable bonds is 4. The van der Waals surface area contributed by atoms with Crippen LogP contribution in [-0.2, 0) is 6.54 Å². The first kappa shape index (κ1) is 13.2. The Morgan fingerprint density at radius 2 is 2.10 bits per heavy atom. The van der Waals surface area contributed by atoms with Gasteiger partial charge in [0, 0.05) is 19.8 Å². The van der Waals surface area contributed by atoms with Gasteiger partial charge in [-0.2, -0.15) is 0 Å². The van der Waals surface area contributed by atoms with Crippen LogP contribution in [0, 0.1) is 0 Å². The molecule has 1 amide bonds. The van der Waals surface area contributed by atoms with Crippen LogP contribution < -0.4 is 20.1 Å². The number of pyridine rings is 1. The van der Waals surface area contributed by atoms with E-state index in [9.17, 15) is 4.79 Å². The lowest BCUT2D eigenvalue weighted by molar-refractivity contribution is 0.0950. The quantitative estimate of drug-likeness (QED) is 0.896. The van der Waals surface area contributed by atoms with Crippen molar-refractivity contribution in [3.63, 3.8) is 0 Å². The van der Waals surface area contributed by atoms with Gasteiger partial charge < -0.3 is 20.1 Å². The molecule has 1 aliphatic rings. The second-order valence-corrected chi connectivity index (χ2v) is 4.55. The van der Waals surface area contributed by atoms with Gasteiger partial charge in [0.25, 0.3) is 5.91 Å². The molecule has 1 aliphatic heterocycles. The molecule has 108 valence electrons. The fraction of sp³-hybridized carbons (Fsp3) is 0.200. The van der Waals surface area contributed by atoms with E-state index in [4.69, 9.17) is 9.47 Å². The molecule has 0 saturated carbocycles. The third kappa shape index (κ3) is 2.89. The van der Waals surface area contributed by atoms with Gasteiger partial charge in [-0.25, -0.2) is 4.98 Å². The third-order valence-electron chi connectivity index (χ3n) is 3.17. The number of amides is 1. The standard InChI is InChI=1S/C15H15N3O3/c1-16-14-5-3-11(8-17-14)15(19)18-7-10-2-4-12-13(6-10)21-9-20-12/h2-6,8H,7,9H2,1H3,(H,16,17)(H,18,19). The highest BCUT2D eigenvalue weighted by Gasteiger charge is 2.13. The number of anilines is 1. The van der Waals surface area contributed by atoms with Crippen LogP contribution in [0.25, 0.3) is 0 Å². The first-order valence-electron chi connectivity index (χ1n) is 6.57. The van der Waals surface area contributed by atoms with Crippen molar-refractivity contribution >= 4 is 11.7 Å². The molecule has 0 radical (unpaired) electrons. The van der Waals surface area contributed by atoms with E-state index in [0.29, 0.717) is 17.9 Å². The van der Waals surface area contributed by atoms with Gasteiger partial charge in [-0.15, -0.1) is 0 Å². The summed E-state index contributed by atoms with van der Waals surface area (Å²) in [5.74, 6) is 2.00. The zero-order valence-corrected chi connectivity index (χ0v) is 11.6. The van der Waals surface area contributed by atoms with Crippen molar-refractivity contribution in [2.75, 3.05) is 19.2 Å². The van der Waals surface area contributed by atoms with Crippen molar-refractivity contribution in [3.8, 4) is 11.5 Å². The fourth-order valence-electron chi connectivity index (χ4n) is 2.01. The van der Waals surface area contributed by atoms with Gasteiger partial charge >= 0.3 is 0 Å². The summed E-state index contributed by atoms with van der Waals surface area (Å²) in [7, 11) is 1.78. The number of nitrogens with zero attached hydrogens (tertiary/aromatic N) is 1. The Hall–Kier alpha value is -2.76. The van der Waals surface area contributed by atoms with Gasteiger partial charge in [-0.05, 0) is 29.8 Å². The lowest BCUT2D eigenvalue weighted by Gasteiger charge is -2.06. The number of hydrogen-bond donors (Lipinski definition) is 2. The Balaban J connectivity index is 1.62. The predicted molar refractivity (Wildman–Crippen MR) is 77.5 cm³/mol. The Bertz CT molecular complexity index is 656. The Kier molecular flexibility index (Phi) is 3.59. The molecule has 2 N–H and O–H groups in total. The van der Waals surface area contributed by atoms with Crippen LogP contribution in [0.3, 0.4) is 0 Å². The van der Waals surface area contributed by atoms with Crippen molar-refractivity contribution in [2.24, 2.45) is 0 Å². The van der Waals surface area contributed by atoms with Crippen molar-refractivity contribution in [3.05, 3.63) is 47.7 Å². The smallest absolute Gasteiger partial charge is 0.253 e. The van der Waals surface area contributed by atoms with Crippen molar-refractivity contribution < 1.29 is 14.3 Å². The minimum absolute atomic E-state index is 0.164. The SMILES string of the molecule is CNc1ccc(C(=O)NCc2ccc3c(c2)OCO3)cn1. The van der Waals surface area contributed by atoms with Crippen LogP contribution >= 0.6 is 0 Å². The summed E-state index contributed by atoms with van der Waals surface area (Å²) in [6.45, 7) is 0.665. The Morgan fingerprint density at radius 3 is 2.86 bits per heavy atom. The molecule has 6 heteroatoms. The molecule has 0 atom stereocenters. The molecule has 1 aromatic heterocycles. The van der Waals surface area contributed by atoms with Crippen LogP contribution in [0.1, 0.15) is 15.9 Å². The number of hydrogen-bond acceptors (Lipinski definition) is 5. The molecular formula is C15H15N3O3. The highest BCUT2D eigenvalue weighted by atomic mass is 16.7. The number of ether oxygens (including phenoxy) is 2. The highest BCUT2D eigenvalue weighted by Crippen LogP contribution is 2.32. The van der Waals surface area contributed by atoms with Crippen molar-refractivity contribution in [2.45, 2.75) is 6.54 Å². The van der Waals surface area contributed by atoms with Gasteiger partial charge in [0.1, 0.15) is 5.82 Å². The summed E-state index contributed by atoms with van der Waals surface area (Å²) >= 11 is 0. The maximum absolute atomic E-state index is 12.0. The number of aromatic nitrogens is 1. The van der Waals surface area contributed by atoms with Gasteiger partial charge in [0.15, 0.2) is 11.5 Å². The van der Waals surface area contributed by atoms with Gasteiger partial charge in [0.05, 0.1) is 5.56 Å². The maximum atomic E-state index is 12.0. The molecule has 0 fully saturated rings. The van der Waals surface area contributed by atoms with E-state index >= 15 is 0 Å². The summed E-state index contributed by atoms with van der Waals surface area (Å²) in [4.78, 5) is 16.1. The number of benzene rings is 1. The Morgan fingerprint density at radius 1 is 1.24 bits per heavy atom. The van der Waals surface area contributed by atoms with E-state index < -0.39 is 0 Å². The van der Waals surface area contributed by atoms with E-state index in [2.05, 4.69) is 15.6 Å². The molecule has 0 unspecified atom stereocenters. The van der Waals surface area contributed by atoms with Crippen LogP contribution in [0.15, 0.2) is 36.5 Å². The summed E-state index contributed by atoms with van der Waals surface area (Å²) in [5, 5.41) is 5.75. The summed E-state index contributed by atoms with van der Waals surface area (Å²) < 4.78 is 10.6. The fourth-order valence-corrected chi connectivity index (χ4v) is 2.01. The highest BCUT2D eigenvalue weighted by molar-refractivity contribution is 5.94. The minimum Gasteiger partial charge on any atom is -0.454 e. The van der Waals surface area contributed by atoms with Gasteiger partial charge in [-0.1, -0.05) is 6.07 Å². The summed E-state index contributed by atoms with van der Waals surface area (Å²) in [6, 6.07) is 9.09. The molecule has 2 aromatic rings. The molecule has 3 rings (SSSR count). The molecular weight excluding hydrogens is 270 g/mol. The van der Waals surface area contributed by atoms with Crippen LogP contribution in [0.2, 0.25) is 0 Å². The Labute approximate surface area is 122 Å². The minimum atomic E-state index is -0.164.